The Labute approximate surface area is 160 Å². The summed E-state index contributed by atoms with van der Waals surface area (Å²) in [5, 5.41) is 4.27. The van der Waals surface area contributed by atoms with Gasteiger partial charge in [0.05, 0.1) is 12.2 Å². The van der Waals surface area contributed by atoms with E-state index in [1.54, 1.807) is 9.42 Å². The van der Waals surface area contributed by atoms with Crippen LogP contribution in [0.5, 0.6) is 5.88 Å². The zero-order valence-corrected chi connectivity index (χ0v) is 15.9. The zero-order chi connectivity index (χ0) is 19.8. The van der Waals surface area contributed by atoms with Crippen LogP contribution in [0.2, 0.25) is 0 Å². The van der Waals surface area contributed by atoms with E-state index in [2.05, 4.69) is 25.0 Å². The maximum Gasteiger partial charge on any atom is 0.293 e. The number of hydrogen-bond acceptors (Lipinski definition) is 7. The van der Waals surface area contributed by atoms with Crippen LogP contribution in [0, 0.1) is 19.7 Å². The van der Waals surface area contributed by atoms with Gasteiger partial charge in [0.25, 0.3) is 17.6 Å². The molecule has 0 N–H and O–H groups in total. The number of aryl methyl sites for hydroxylation is 3. The number of likely N-dealkylation sites (tertiary alicyclic amines) is 1. The predicted octanol–water partition coefficient (Wildman–Crippen LogP) is 1.53. The molecule has 1 fully saturated rings. The predicted molar refractivity (Wildman–Crippen MR) is 96.6 cm³/mol. The zero-order valence-electron chi connectivity index (χ0n) is 15.9. The number of aromatic nitrogens is 6. The third kappa shape index (κ3) is 3.25. The van der Waals surface area contributed by atoms with Crippen LogP contribution in [-0.4, -0.2) is 59.6 Å². The standard InChI is InChI=1S/C18H20FN7O2/c1-4-13-14(19)16(21-9-20-13)28-12-5-6-25(8-12)17(27)15-23-18-22-10(2)7-11(3)26(18)24-15/h7,9,12H,4-6,8H2,1-3H3. The highest BCUT2D eigenvalue weighted by Gasteiger charge is 2.31. The summed E-state index contributed by atoms with van der Waals surface area (Å²) >= 11 is 0. The monoisotopic (exact) mass is 385 g/mol. The fourth-order valence-electron chi connectivity index (χ4n) is 3.28. The van der Waals surface area contributed by atoms with Gasteiger partial charge in [0.15, 0.2) is 0 Å². The average molecular weight is 385 g/mol. The first-order valence-corrected chi connectivity index (χ1v) is 9.12. The summed E-state index contributed by atoms with van der Waals surface area (Å²) < 4.78 is 21.5. The minimum atomic E-state index is -0.547. The summed E-state index contributed by atoms with van der Waals surface area (Å²) in [6.07, 6.45) is 1.96. The minimum absolute atomic E-state index is 0.0766. The van der Waals surface area contributed by atoms with Crippen molar-refractivity contribution in [2.45, 2.75) is 39.7 Å². The lowest BCUT2D eigenvalue weighted by atomic mass is 10.3. The Bertz CT molecular complexity index is 1050. The van der Waals surface area contributed by atoms with Crippen molar-refractivity contribution in [3.63, 3.8) is 0 Å². The number of carbonyl (C=O) groups excluding carboxylic acids is 1. The van der Waals surface area contributed by atoms with Gasteiger partial charge < -0.3 is 9.64 Å². The molecule has 4 rings (SSSR count). The second-order valence-corrected chi connectivity index (χ2v) is 6.76. The van der Waals surface area contributed by atoms with Crippen molar-refractivity contribution in [3.05, 3.63) is 41.1 Å². The number of fused-ring (bicyclic) bond motifs is 1. The molecule has 0 saturated carbocycles. The van der Waals surface area contributed by atoms with E-state index in [1.165, 1.54) is 6.33 Å². The Morgan fingerprint density at radius 2 is 2.14 bits per heavy atom. The summed E-state index contributed by atoms with van der Waals surface area (Å²) in [6.45, 7) is 6.33. The number of hydrogen-bond donors (Lipinski definition) is 0. The van der Waals surface area contributed by atoms with Gasteiger partial charge in [-0.3, -0.25) is 4.79 Å². The first-order valence-electron chi connectivity index (χ1n) is 9.12. The molecular formula is C18H20FN7O2. The molecule has 1 saturated heterocycles. The fraction of sp³-hybridized carbons (Fsp3) is 0.444. The van der Waals surface area contributed by atoms with Crippen LogP contribution in [0.3, 0.4) is 0 Å². The molecule has 146 valence electrons. The summed E-state index contributed by atoms with van der Waals surface area (Å²) in [6, 6.07) is 1.87. The van der Waals surface area contributed by atoms with E-state index < -0.39 is 5.82 Å². The fourth-order valence-corrected chi connectivity index (χ4v) is 3.28. The molecule has 1 aliphatic rings. The van der Waals surface area contributed by atoms with Crippen molar-refractivity contribution in [1.29, 1.82) is 0 Å². The van der Waals surface area contributed by atoms with Crippen LogP contribution >= 0.6 is 0 Å². The average Bonchev–Trinajstić information content (AvgIpc) is 3.30. The summed E-state index contributed by atoms with van der Waals surface area (Å²) in [7, 11) is 0. The number of carbonyl (C=O) groups is 1. The highest BCUT2D eigenvalue weighted by atomic mass is 19.1. The van der Waals surface area contributed by atoms with Gasteiger partial charge in [0.2, 0.25) is 11.6 Å². The molecule has 0 bridgehead atoms. The van der Waals surface area contributed by atoms with Crippen LogP contribution in [0.4, 0.5) is 4.39 Å². The molecule has 3 aromatic rings. The molecule has 3 aromatic heterocycles. The van der Waals surface area contributed by atoms with Crippen LogP contribution in [0.15, 0.2) is 12.4 Å². The Morgan fingerprint density at radius 1 is 1.32 bits per heavy atom. The summed E-state index contributed by atoms with van der Waals surface area (Å²) in [5.74, 6) is -0.446. The molecule has 4 heterocycles. The largest absolute Gasteiger partial charge is 0.470 e. The van der Waals surface area contributed by atoms with Crippen molar-refractivity contribution in [1.82, 2.24) is 34.4 Å². The molecule has 1 unspecified atom stereocenters. The topological polar surface area (TPSA) is 98.4 Å². The van der Waals surface area contributed by atoms with Crippen molar-refractivity contribution < 1.29 is 13.9 Å². The first kappa shape index (κ1) is 18.2. The maximum atomic E-state index is 14.3. The van der Waals surface area contributed by atoms with Gasteiger partial charge in [-0.05, 0) is 26.3 Å². The van der Waals surface area contributed by atoms with E-state index in [4.69, 9.17) is 4.74 Å². The Balaban J connectivity index is 1.48. The van der Waals surface area contributed by atoms with Gasteiger partial charge in [-0.2, -0.15) is 14.4 Å². The van der Waals surface area contributed by atoms with E-state index in [9.17, 15) is 9.18 Å². The Hall–Kier alpha value is -3.17. The van der Waals surface area contributed by atoms with Crippen molar-refractivity contribution in [3.8, 4) is 5.88 Å². The molecule has 1 amide bonds. The van der Waals surface area contributed by atoms with Crippen molar-refractivity contribution >= 4 is 11.7 Å². The van der Waals surface area contributed by atoms with Crippen LogP contribution < -0.4 is 4.74 Å². The highest BCUT2D eigenvalue weighted by Crippen LogP contribution is 2.21. The van der Waals surface area contributed by atoms with E-state index in [-0.39, 0.29) is 23.7 Å². The van der Waals surface area contributed by atoms with Crippen LogP contribution in [0.25, 0.3) is 5.78 Å². The number of rotatable bonds is 4. The molecule has 0 aromatic carbocycles. The van der Waals surface area contributed by atoms with Crippen LogP contribution in [0.1, 0.15) is 41.0 Å². The van der Waals surface area contributed by atoms with Gasteiger partial charge >= 0.3 is 0 Å². The van der Waals surface area contributed by atoms with Crippen molar-refractivity contribution in [2.24, 2.45) is 0 Å². The highest BCUT2D eigenvalue weighted by molar-refractivity contribution is 5.91. The quantitative estimate of drug-likeness (QED) is 0.671. The van der Waals surface area contributed by atoms with E-state index >= 15 is 0 Å². The van der Waals surface area contributed by atoms with E-state index in [1.807, 2.05) is 26.8 Å². The number of nitrogens with zero attached hydrogens (tertiary/aromatic N) is 7. The summed E-state index contributed by atoms with van der Waals surface area (Å²) in [4.78, 5) is 30.7. The molecular weight excluding hydrogens is 365 g/mol. The second-order valence-electron chi connectivity index (χ2n) is 6.76. The van der Waals surface area contributed by atoms with Gasteiger partial charge in [-0.1, -0.05) is 6.92 Å². The lowest BCUT2D eigenvalue weighted by Gasteiger charge is -2.16. The number of ether oxygens (including phenoxy) is 1. The molecule has 0 aliphatic carbocycles. The summed E-state index contributed by atoms with van der Waals surface area (Å²) in [5.41, 5.74) is 1.97. The van der Waals surface area contributed by atoms with E-state index in [0.29, 0.717) is 37.4 Å². The second kappa shape index (κ2) is 7.10. The molecule has 10 heteroatoms. The molecule has 1 atom stereocenters. The van der Waals surface area contributed by atoms with Gasteiger partial charge in [0, 0.05) is 24.4 Å². The maximum absolute atomic E-state index is 14.3. The first-order chi connectivity index (χ1) is 13.5. The molecule has 0 radical (unpaired) electrons. The van der Waals surface area contributed by atoms with Gasteiger partial charge in [-0.25, -0.2) is 14.5 Å². The molecule has 1 aliphatic heterocycles. The third-order valence-corrected chi connectivity index (χ3v) is 4.68. The molecule has 28 heavy (non-hydrogen) atoms. The SMILES string of the molecule is CCc1ncnc(OC2CCN(C(=O)c3nc4nc(C)cc(C)n4n3)C2)c1F. The van der Waals surface area contributed by atoms with Crippen molar-refractivity contribution in [2.75, 3.05) is 13.1 Å². The molecule has 0 spiro atoms. The van der Waals surface area contributed by atoms with Gasteiger partial charge in [0.1, 0.15) is 12.4 Å². The lowest BCUT2D eigenvalue weighted by molar-refractivity contribution is 0.0758. The van der Waals surface area contributed by atoms with Gasteiger partial charge in [-0.15, -0.1) is 5.10 Å². The third-order valence-electron chi connectivity index (χ3n) is 4.68. The van der Waals surface area contributed by atoms with E-state index in [0.717, 1.165) is 11.4 Å². The Kier molecular flexibility index (Phi) is 4.62. The molecule has 9 nitrogen and oxygen atoms in total. The lowest BCUT2D eigenvalue weighted by Crippen LogP contribution is -2.32. The number of halogens is 1. The normalized spacial score (nSPS) is 16.7. The minimum Gasteiger partial charge on any atom is -0.470 e. The smallest absolute Gasteiger partial charge is 0.293 e. The Morgan fingerprint density at radius 3 is 2.93 bits per heavy atom. The number of amides is 1. The van der Waals surface area contributed by atoms with Crippen LogP contribution in [-0.2, 0) is 6.42 Å².